The second-order valence-corrected chi connectivity index (χ2v) is 8.34. The van der Waals surface area contributed by atoms with Gasteiger partial charge in [-0.2, -0.15) is 5.10 Å². The molecule has 0 bridgehead atoms. The highest BCUT2D eigenvalue weighted by molar-refractivity contribution is 14.0. The lowest BCUT2D eigenvalue weighted by molar-refractivity contribution is 0.366. The van der Waals surface area contributed by atoms with E-state index in [1.807, 2.05) is 6.92 Å². The van der Waals surface area contributed by atoms with E-state index in [-0.39, 0.29) is 24.0 Å². The molecule has 3 rings (SSSR count). The van der Waals surface area contributed by atoms with Crippen LogP contribution in [0.15, 0.2) is 17.4 Å². The Kier molecular flexibility index (Phi) is 11.3. The fourth-order valence-electron chi connectivity index (χ4n) is 4.14. The van der Waals surface area contributed by atoms with Crippen LogP contribution >= 0.6 is 24.0 Å². The molecule has 174 valence electrons. The van der Waals surface area contributed by atoms with Gasteiger partial charge in [0.05, 0.1) is 5.69 Å². The highest BCUT2D eigenvalue weighted by Crippen LogP contribution is 2.23. The zero-order chi connectivity index (χ0) is 21.2. The first-order valence-corrected chi connectivity index (χ1v) is 11.6. The number of nitrogens with one attached hydrogen (secondary N) is 2. The van der Waals surface area contributed by atoms with Gasteiger partial charge in [0, 0.05) is 44.8 Å². The van der Waals surface area contributed by atoms with Crippen LogP contribution in [0.25, 0.3) is 0 Å². The molecule has 2 aromatic heterocycles. The number of hydrogen-bond donors (Lipinski definition) is 2. The third-order valence-corrected chi connectivity index (χ3v) is 5.83. The molecule has 2 heterocycles. The molecule has 1 aliphatic carbocycles. The van der Waals surface area contributed by atoms with Gasteiger partial charge in [-0.25, -0.2) is 0 Å². The van der Waals surface area contributed by atoms with E-state index in [2.05, 4.69) is 55.1 Å². The minimum absolute atomic E-state index is 0. The third kappa shape index (κ3) is 8.42. The van der Waals surface area contributed by atoms with Crippen molar-refractivity contribution in [3.8, 4) is 0 Å². The first-order valence-electron chi connectivity index (χ1n) is 11.6. The fourth-order valence-corrected chi connectivity index (χ4v) is 4.14. The van der Waals surface area contributed by atoms with E-state index in [4.69, 9.17) is 4.99 Å². The van der Waals surface area contributed by atoms with Gasteiger partial charge >= 0.3 is 0 Å². The molecule has 2 aromatic rings. The van der Waals surface area contributed by atoms with Crippen LogP contribution in [-0.4, -0.2) is 50.1 Å². The lowest BCUT2D eigenvalue weighted by Gasteiger charge is -2.20. The summed E-state index contributed by atoms with van der Waals surface area (Å²) >= 11 is 0. The number of aliphatic imine (C=N–C) groups is 1. The number of guanidine groups is 1. The van der Waals surface area contributed by atoms with E-state index in [0.29, 0.717) is 0 Å². The van der Waals surface area contributed by atoms with Gasteiger partial charge in [-0.1, -0.05) is 26.2 Å². The Bertz CT molecular complexity index is 791. The summed E-state index contributed by atoms with van der Waals surface area (Å²) in [6.45, 7) is 10.6. The van der Waals surface area contributed by atoms with Crippen LogP contribution in [-0.2, 0) is 19.5 Å². The van der Waals surface area contributed by atoms with Crippen LogP contribution in [0.3, 0.4) is 0 Å². The standard InChI is InChI=1S/C22H38N8.HI/c1-4-21-27-26-17-29(21)14-12-24-22(25-16-20-9-6-5-7-10-20)23-11-8-13-30-19(3)15-18(2)28-30;/h15,17,20H,4-14,16H2,1-3H3,(H2,23,24,25);1H. The topological polar surface area (TPSA) is 85.0 Å². The summed E-state index contributed by atoms with van der Waals surface area (Å²) in [4.78, 5) is 4.91. The molecule has 0 spiro atoms. The molecule has 8 nitrogen and oxygen atoms in total. The molecule has 1 fully saturated rings. The average Bonchev–Trinajstić information content (AvgIpc) is 3.34. The molecular weight excluding hydrogens is 503 g/mol. The maximum Gasteiger partial charge on any atom is 0.191 e. The van der Waals surface area contributed by atoms with Crippen molar-refractivity contribution in [3.63, 3.8) is 0 Å². The van der Waals surface area contributed by atoms with Crippen molar-refractivity contribution in [2.45, 2.75) is 78.8 Å². The van der Waals surface area contributed by atoms with Gasteiger partial charge in [-0.3, -0.25) is 9.67 Å². The predicted molar refractivity (Wildman–Crippen MR) is 136 cm³/mol. The van der Waals surface area contributed by atoms with Crippen LogP contribution in [0.5, 0.6) is 0 Å². The molecule has 0 atom stereocenters. The Hall–Kier alpha value is -1.65. The van der Waals surface area contributed by atoms with Crippen molar-refractivity contribution in [2.24, 2.45) is 10.9 Å². The highest BCUT2D eigenvalue weighted by atomic mass is 127. The molecule has 0 amide bonds. The van der Waals surface area contributed by atoms with Crippen molar-refractivity contribution in [2.75, 3.05) is 19.6 Å². The maximum absolute atomic E-state index is 4.91. The summed E-state index contributed by atoms with van der Waals surface area (Å²) in [5.74, 6) is 2.67. The number of nitrogens with zero attached hydrogens (tertiary/aromatic N) is 6. The van der Waals surface area contributed by atoms with Crippen molar-refractivity contribution in [1.82, 2.24) is 35.2 Å². The van der Waals surface area contributed by atoms with E-state index < -0.39 is 0 Å². The lowest BCUT2D eigenvalue weighted by atomic mass is 9.89. The van der Waals surface area contributed by atoms with E-state index in [9.17, 15) is 0 Å². The van der Waals surface area contributed by atoms with Gasteiger partial charge in [0.2, 0.25) is 0 Å². The molecule has 9 heteroatoms. The molecule has 1 saturated carbocycles. The minimum atomic E-state index is 0. The Morgan fingerprint density at radius 3 is 2.61 bits per heavy atom. The van der Waals surface area contributed by atoms with Crippen molar-refractivity contribution in [1.29, 1.82) is 0 Å². The first-order chi connectivity index (χ1) is 14.7. The van der Waals surface area contributed by atoms with E-state index in [1.54, 1.807) is 6.33 Å². The fraction of sp³-hybridized carbons (Fsp3) is 0.727. The molecule has 1 aliphatic rings. The summed E-state index contributed by atoms with van der Waals surface area (Å²) in [6, 6.07) is 2.13. The van der Waals surface area contributed by atoms with Crippen molar-refractivity contribution in [3.05, 3.63) is 29.6 Å². The Morgan fingerprint density at radius 1 is 1.13 bits per heavy atom. The van der Waals surface area contributed by atoms with Gasteiger partial charge < -0.3 is 15.2 Å². The summed E-state index contributed by atoms with van der Waals surface area (Å²) < 4.78 is 4.19. The lowest BCUT2D eigenvalue weighted by Crippen LogP contribution is -2.40. The second-order valence-electron chi connectivity index (χ2n) is 8.34. The summed E-state index contributed by atoms with van der Waals surface area (Å²) in [5.41, 5.74) is 2.30. The minimum Gasteiger partial charge on any atom is -0.356 e. The Labute approximate surface area is 203 Å². The first kappa shape index (κ1) is 25.6. The van der Waals surface area contributed by atoms with Crippen LogP contribution in [0.1, 0.15) is 62.7 Å². The Morgan fingerprint density at radius 2 is 1.90 bits per heavy atom. The summed E-state index contributed by atoms with van der Waals surface area (Å²) in [7, 11) is 0. The van der Waals surface area contributed by atoms with Crippen LogP contribution in [0.4, 0.5) is 0 Å². The Balaban J connectivity index is 0.00000341. The van der Waals surface area contributed by atoms with E-state index >= 15 is 0 Å². The molecule has 31 heavy (non-hydrogen) atoms. The van der Waals surface area contributed by atoms with Gasteiger partial charge in [0.1, 0.15) is 12.2 Å². The van der Waals surface area contributed by atoms with Crippen molar-refractivity contribution < 1.29 is 0 Å². The zero-order valence-electron chi connectivity index (χ0n) is 19.3. The SMILES string of the molecule is CCc1nncn1CCNC(=NCC1CCCCC1)NCCCn1nc(C)cc1C.I. The van der Waals surface area contributed by atoms with Gasteiger partial charge in [0.15, 0.2) is 5.96 Å². The zero-order valence-corrected chi connectivity index (χ0v) is 21.6. The number of aromatic nitrogens is 5. The number of rotatable bonds is 10. The second kappa shape index (κ2) is 13.7. The molecule has 0 aromatic carbocycles. The maximum atomic E-state index is 4.91. The molecule has 0 saturated heterocycles. The summed E-state index contributed by atoms with van der Waals surface area (Å²) in [5, 5.41) is 19.7. The van der Waals surface area contributed by atoms with Gasteiger partial charge in [0.25, 0.3) is 0 Å². The van der Waals surface area contributed by atoms with Gasteiger partial charge in [-0.05, 0) is 45.1 Å². The smallest absolute Gasteiger partial charge is 0.191 e. The van der Waals surface area contributed by atoms with Crippen LogP contribution in [0, 0.1) is 19.8 Å². The largest absolute Gasteiger partial charge is 0.356 e. The van der Waals surface area contributed by atoms with Crippen molar-refractivity contribution >= 4 is 29.9 Å². The molecule has 0 radical (unpaired) electrons. The number of aryl methyl sites for hydroxylation is 4. The van der Waals surface area contributed by atoms with Gasteiger partial charge in [-0.15, -0.1) is 34.2 Å². The molecule has 2 N–H and O–H groups in total. The predicted octanol–water partition coefficient (Wildman–Crippen LogP) is 3.48. The summed E-state index contributed by atoms with van der Waals surface area (Å²) in [6.07, 6.45) is 10.4. The normalized spacial score (nSPS) is 15.0. The third-order valence-electron chi connectivity index (χ3n) is 5.83. The quantitative estimate of drug-likeness (QED) is 0.208. The van der Waals surface area contributed by atoms with Crippen LogP contribution < -0.4 is 10.6 Å². The molecule has 0 aliphatic heterocycles. The van der Waals surface area contributed by atoms with Crippen LogP contribution in [0.2, 0.25) is 0 Å². The van der Waals surface area contributed by atoms with E-state index in [0.717, 1.165) is 69.0 Å². The highest BCUT2D eigenvalue weighted by Gasteiger charge is 2.13. The average molecular weight is 543 g/mol. The molecule has 0 unspecified atom stereocenters. The number of halogens is 1. The van der Waals surface area contributed by atoms with E-state index in [1.165, 1.54) is 37.8 Å². The monoisotopic (exact) mass is 542 g/mol. The number of hydrogen-bond acceptors (Lipinski definition) is 4. The molecular formula is C22H39IN8.